The Bertz CT molecular complexity index is 1450. The van der Waals surface area contributed by atoms with E-state index in [-0.39, 0.29) is 48.5 Å². The molecule has 2 aliphatic carbocycles. The molecule has 4 rings (SSSR count). The summed E-state index contributed by atoms with van der Waals surface area (Å²) in [5, 5.41) is 63.4. The van der Waals surface area contributed by atoms with E-state index in [9.17, 15) is 30.3 Å². The van der Waals surface area contributed by atoms with Crippen molar-refractivity contribution in [1.82, 2.24) is 15.0 Å². The molecule has 2 heterocycles. The van der Waals surface area contributed by atoms with Gasteiger partial charge >= 0.3 is 5.97 Å². The van der Waals surface area contributed by atoms with Gasteiger partial charge in [-0.2, -0.15) is 0 Å². The maximum atomic E-state index is 13.1. The molecule has 308 valence electrons. The van der Waals surface area contributed by atoms with E-state index >= 15 is 0 Å². The van der Waals surface area contributed by atoms with E-state index in [1.165, 1.54) is 11.8 Å². The molecule has 10 nitrogen and oxygen atoms in total. The molecule has 0 bridgehead atoms. The molecule has 5 N–H and O–H groups in total. The van der Waals surface area contributed by atoms with Crippen LogP contribution in [0.2, 0.25) is 0 Å². The number of allylic oxidation sites excluding steroid dienone is 4. The molecule has 0 spiro atoms. The van der Waals surface area contributed by atoms with E-state index in [0.717, 1.165) is 63.6 Å². The van der Waals surface area contributed by atoms with Gasteiger partial charge in [-0.25, -0.2) is 9.48 Å². The SMILES string of the molecule is C=C/C=C\[C@H](C)[C@@H]1OC(=O)/C=C\C=C\[C@H](CCCCn2nnc3c2CCC2C(CO)[C@H]2CC3)C(O)C[C@H](O)/C=C\C(C)[C@H](O)[C@@H](C)CC(C)CCC(O)C1C. The Hall–Kier alpha value is -2.89. The number of aliphatic hydroxyl groups excluding tert-OH is 5. The second-order valence-corrected chi connectivity index (χ2v) is 17.2. The van der Waals surface area contributed by atoms with E-state index in [0.29, 0.717) is 30.6 Å². The number of carbonyl (C=O) groups is 1. The van der Waals surface area contributed by atoms with E-state index in [4.69, 9.17) is 4.74 Å². The Morgan fingerprint density at radius 1 is 0.945 bits per heavy atom. The highest BCUT2D eigenvalue weighted by Gasteiger charge is 2.49. The standard InChI is InChI=1S/C45H71N3O7/c1-7-8-13-31(4)45-33(6)41(51)24-17-29(2)26-32(5)44(54)30(3)18-19-35(50)27-42(52)34(14-9-10-16-43(53)55-45)15-11-12-25-48-40-23-21-37-36(38(37)28-49)20-22-39(40)46-47-48/h7-10,13-14,16,18-19,29-38,41-42,44-45,49-52,54H,1,11-12,15,17,20-28H2,2-6H3/b13-8-,14-9+,16-10-,19-18-/t29?,30?,31-,32-,33?,34+,35+,36-,37?,38?,41?,42?,44-,45-/m0/s1. The first kappa shape index (κ1) is 44.8. The number of nitrogens with zero attached hydrogens (tertiary/aromatic N) is 3. The van der Waals surface area contributed by atoms with Crippen molar-refractivity contribution >= 4 is 5.97 Å². The quantitative estimate of drug-likeness (QED) is 0.0840. The van der Waals surface area contributed by atoms with Crippen LogP contribution in [0.5, 0.6) is 0 Å². The molecule has 1 saturated carbocycles. The summed E-state index contributed by atoms with van der Waals surface area (Å²) in [4.78, 5) is 13.1. The van der Waals surface area contributed by atoms with Crippen molar-refractivity contribution < 1.29 is 35.1 Å². The van der Waals surface area contributed by atoms with Crippen LogP contribution in [0.25, 0.3) is 0 Å². The van der Waals surface area contributed by atoms with E-state index < -0.39 is 36.5 Å². The number of hydrogen-bond donors (Lipinski definition) is 5. The maximum Gasteiger partial charge on any atom is 0.331 e. The fourth-order valence-electron chi connectivity index (χ4n) is 9.17. The van der Waals surface area contributed by atoms with Crippen LogP contribution in [-0.2, 0) is 28.9 Å². The fraction of sp³-hybridized carbons (Fsp3) is 0.711. The van der Waals surface area contributed by atoms with Crippen LogP contribution in [-0.4, -0.2) is 83.6 Å². The second-order valence-electron chi connectivity index (χ2n) is 17.2. The van der Waals surface area contributed by atoms with Crippen molar-refractivity contribution in [3.63, 3.8) is 0 Å². The lowest BCUT2D eigenvalue weighted by molar-refractivity contribution is -0.150. The highest BCUT2D eigenvalue weighted by molar-refractivity contribution is 5.82. The van der Waals surface area contributed by atoms with Gasteiger partial charge in [0.05, 0.1) is 35.8 Å². The zero-order valence-electron chi connectivity index (χ0n) is 34.1. The van der Waals surface area contributed by atoms with Gasteiger partial charge in [0.15, 0.2) is 0 Å². The summed E-state index contributed by atoms with van der Waals surface area (Å²) >= 11 is 0. The molecule has 0 radical (unpaired) electrons. The maximum absolute atomic E-state index is 13.1. The molecule has 1 aromatic rings. The molecule has 1 aliphatic heterocycles. The van der Waals surface area contributed by atoms with Gasteiger partial charge in [0.25, 0.3) is 0 Å². The summed E-state index contributed by atoms with van der Waals surface area (Å²) in [5.41, 5.74) is 2.29. The summed E-state index contributed by atoms with van der Waals surface area (Å²) in [5.74, 6) is 0.485. The molecule has 7 unspecified atom stereocenters. The summed E-state index contributed by atoms with van der Waals surface area (Å²) in [6, 6.07) is 0. The Kier molecular flexibility index (Phi) is 18.1. The topological polar surface area (TPSA) is 158 Å². The highest BCUT2D eigenvalue weighted by atomic mass is 16.5. The Morgan fingerprint density at radius 2 is 1.69 bits per heavy atom. The molecule has 0 amide bonds. The van der Waals surface area contributed by atoms with Crippen LogP contribution in [0.4, 0.5) is 0 Å². The van der Waals surface area contributed by atoms with Crippen LogP contribution < -0.4 is 0 Å². The van der Waals surface area contributed by atoms with Gasteiger partial charge in [0.1, 0.15) is 6.10 Å². The number of unbranched alkanes of at least 4 members (excludes halogenated alkanes) is 1. The zero-order valence-corrected chi connectivity index (χ0v) is 34.1. The molecule has 1 fully saturated rings. The van der Waals surface area contributed by atoms with Crippen LogP contribution in [0.15, 0.2) is 61.3 Å². The Balaban J connectivity index is 1.46. The number of fused-ring (bicyclic) bond motifs is 2. The molecule has 0 saturated heterocycles. The minimum atomic E-state index is -0.887. The van der Waals surface area contributed by atoms with Crippen LogP contribution >= 0.6 is 0 Å². The van der Waals surface area contributed by atoms with Gasteiger partial charge in [0.2, 0.25) is 0 Å². The predicted molar refractivity (Wildman–Crippen MR) is 217 cm³/mol. The molecule has 14 atom stereocenters. The summed E-state index contributed by atoms with van der Waals surface area (Å²) in [7, 11) is 0. The Morgan fingerprint density at radius 3 is 2.42 bits per heavy atom. The smallest absolute Gasteiger partial charge is 0.331 e. The lowest BCUT2D eigenvalue weighted by Gasteiger charge is -2.31. The fourth-order valence-corrected chi connectivity index (χ4v) is 9.17. The first-order valence-corrected chi connectivity index (χ1v) is 21.1. The van der Waals surface area contributed by atoms with Gasteiger partial charge in [-0.3, -0.25) is 0 Å². The third-order valence-electron chi connectivity index (χ3n) is 12.8. The van der Waals surface area contributed by atoms with Gasteiger partial charge < -0.3 is 30.3 Å². The van der Waals surface area contributed by atoms with Crippen LogP contribution in [0, 0.1) is 53.3 Å². The summed E-state index contributed by atoms with van der Waals surface area (Å²) < 4.78 is 8.01. The summed E-state index contributed by atoms with van der Waals surface area (Å²) in [6.07, 6.45) is 20.6. The molecule has 10 heteroatoms. The molecular weight excluding hydrogens is 695 g/mol. The number of aromatic nitrogens is 3. The van der Waals surface area contributed by atoms with E-state index in [1.54, 1.807) is 24.3 Å². The monoisotopic (exact) mass is 766 g/mol. The van der Waals surface area contributed by atoms with Crippen LogP contribution in [0.1, 0.15) is 104 Å². The van der Waals surface area contributed by atoms with E-state index in [2.05, 4.69) is 23.8 Å². The number of esters is 1. The number of aryl methyl sites for hydroxylation is 2. The van der Waals surface area contributed by atoms with Crippen molar-refractivity contribution in [2.45, 2.75) is 142 Å². The third kappa shape index (κ3) is 13.3. The number of cyclic esters (lactones) is 1. The third-order valence-corrected chi connectivity index (χ3v) is 12.8. The van der Waals surface area contributed by atoms with Gasteiger partial charge in [0, 0.05) is 49.3 Å². The first-order valence-electron chi connectivity index (χ1n) is 21.1. The molecular formula is C45H71N3O7. The average molecular weight is 766 g/mol. The lowest BCUT2D eigenvalue weighted by atomic mass is 9.82. The van der Waals surface area contributed by atoms with Crippen LogP contribution in [0.3, 0.4) is 0 Å². The van der Waals surface area contributed by atoms with E-state index in [1.807, 2.05) is 56.7 Å². The first-order chi connectivity index (χ1) is 26.3. The van der Waals surface area contributed by atoms with Crippen molar-refractivity contribution in [2.75, 3.05) is 6.61 Å². The lowest BCUT2D eigenvalue weighted by Crippen LogP contribution is -2.37. The number of carbonyl (C=O) groups excluding carboxylic acids is 1. The minimum absolute atomic E-state index is 0.00465. The zero-order chi connectivity index (χ0) is 40.1. The molecule has 0 aromatic carbocycles. The van der Waals surface area contributed by atoms with Crippen molar-refractivity contribution in [3.8, 4) is 0 Å². The second kappa shape index (κ2) is 22.2. The predicted octanol–water partition coefficient (Wildman–Crippen LogP) is 6.32. The Labute approximate surface area is 330 Å². The number of aliphatic hydroxyl groups is 5. The largest absolute Gasteiger partial charge is 0.458 e. The molecule has 1 aromatic heterocycles. The van der Waals surface area contributed by atoms with Crippen molar-refractivity contribution in [3.05, 3.63) is 72.7 Å². The summed E-state index contributed by atoms with van der Waals surface area (Å²) in [6.45, 7) is 14.8. The van der Waals surface area contributed by atoms with Gasteiger partial charge in [-0.15, -0.1) is 5.10 Å². The molecule has 55 heavy (non-hydrogen) atoms. The van der Waals surface area contributed by atoms with Gasteiger partial charge in [-0.05, 0) is 87.4 Å². The normalized spacial score (nSPS) is 38.1. The number of rotatable bonds is 9. The number of ether oxygens (including phenoxy) is 1. The molecule has 3 aliphatic rings. The van der Waals surface area contributed by atoms with Crippen molar-refractivity contribution in [2.24, 2.45) is 53.3 Å². The average Bonchev–Trinajstić information content (AvgIpc) is 3.69. The number of hydrogen-bond acceptors (Lipinski definition) is 9. The minimum Gasteiger partial charge on any atom is -0.458 e. The van der Waals surface area contributed by atoms with Crippen molar-refractivity contribution in [1.29, 1.82) is 0 Å². The van der Waals surface area contributed by atoms with Gasteiger partial charge in [-0.1, -0.05) is 101 Å². The highest BCUT2D eigenvalue weighted by Crippen LogP contribution is 2.52.